The Bertz CT molecular complexity index is 282. The van der Waals surface area contributed by atoms with Gasteiger partial charge in [0.25, 0.3) is 0 Å². The van der Waals surface area contributed by atoms with Gasteiger partial charge in [0, 0.05) is 10.2 Å². The fraction of sp³-hybridized carbons (Fsp3) is 1.00. The monoisotopic (exact) mass is 526 g/mol. The summed E-state index contributed by atoms with van der Waals surface area (Å²) < 4.78 is 0. The molecule has 0 aromatic carbocycles. The van der Waals surface area contributed by atoms with Crippen LogP contribution in [-0.4, -0.2) is 28.3 Å². The number of halogens is 9. The minimum Gasteiger partial charge on any atom is -0.126 e. The normalized spacial score (nSPS) is 22.2. The van der Waals surface area contributed by atoms with Crippen molar-refractivity contribution in [2.45, 2.75) is 42.4 Å². The van der Waals surface area contributed by atoms with Crippen LogP contribution >= 0.6 is 99.7 Å². The fourth-order valence-corrected chi connectivity index (χ4v) is 21.5. The minimum absolute atomic E-state index is 0.261. The molecule has 0 aliphatic carbocycles. The Hall–Kier alpha value is 3.48. The van der Waals surface area contributed by atoms with Gasteiger partial charge in [-0.15, -0.1) is 99.7 Å². The first-order valence-electron chi connectivity index (χ1n) is 5.66. The van der Waals surface area contributed by atoms with Crippen molar-refractivity contribution in [1.29, 1.82) is 0 Å². The van der Waals surface area contributed by atoms with E-state index in [4.69, 9.17) is 99.7 Å². The smallest absolute Gasteiger partial charge is 0.126 e. The van der Waals surface area contributed by atoms with Crippen LogP contribution in [0, 0.1) is 0 Å². The van der Waals surface area contributed by atoms with Crippen LogP contribution in [0.25, 0.3) is 0 Å². The van der Waals surface area contributed by atoms with Crippen molar-refractivity contribution >= 4 is 128 Å². The van der Waals surface area contributed by atoms with Crippen molar-refractivity contribution in [3.05, 3.63) is 0 Å². The first-order valence-corrected chi connectivity index (χ1v) is 22.0. The maximum atomic E-state index is 6.22. The molecule has 0 saturated heterocycles. The van der Waals surface area contributed by atoms with Gasteiger partial charge in [-0.25, -0.2) is 0 Å². The average molecular weight is 531 g/mol. The molecule has 0 spiro atoms. The lowest BCUT2D eigenvalue weighted by Gasteiger charge is -2.50. The van der Waals surface area contributed by atoms with E-state index in [1.54, 1.807) is 0 Å². The summed E-state index contributed by atoms with van der Waals surface area (Å²) in [5.74, 6) is 0. The predicted molar refractivity (Wildman–Crippen MR) is 111 cm³/mol. The quantitative estimate of drug-likeness (QED) is 0.267. The van der Waals surface area contributed by atoms with Gasteiger partial charge in [0.15, 0.2) is 0 Å². The molecule has 0 rings (SSSR count). The number of hydrogen-bond acceptors (Lipinski definition) is 0. The summed E-state index contributed by atoms with van der Waals surface area (Å²) in [5, 5.41) is -0.535. The van der Waals surface area contributed by atoms with Crippen molar-refractivity contribution in [3.63, 3.8) is 0 Å². The van der Waals surface area contributed by atoms with Crippen molar-refractivity contribution in [2.75, 3.05) is 0 Å². The minimum atomic E-state index is -3.04. The Morgan fingerprint density at radius 2 is 0.750 bits per heavy atom. The van der Waals surface area contributed by atoms with E-state index in [0.29, 0.717) is 10.2 Å². The molecule has 0 aliphatic heterocycles. The van der Waals surface area contributed by atoms with E-state index in [1.807, 2.05) is 20.8 Å². The maximum absolute atomic E-state index is 6.22. The van der Waals surface area contributed by atoms with Crippen LogP contribution in [0.3, 0.4) is 0 Å². The average Bonchev–Trinajstić information content (AvgIpc) is 2.21. The van der Waals surface area contributed by atoms with Gasteiger partial charge in [0.05, 0.1) is 0 Å². The molecule has 0 N–H and O–H groups in total. The van der Waals surface area contributed by atoms with Gasteiger partial charge in [-0.1, -0.05) is 20.8 Å². The molecule has 3 unspecified atom stereocenters. The van der Waals surface area contributed by atoms with E-state index in [9.17, 15) is 0 Å². The summed E-state index contributed by atoms with van der Waals surface area (Å²) in [5.41, 5.74) is -0.784. The molecule has 20 heavy (non-hydrogen) atoms. The van der Waals surface area contributed by atoms with Crippen LogP contribution < -0.4 is 0 Å². The highest BCUT2D eigenvalue weighted by Crippen LogP contribution is 2.68. The molecule has 122 valence electrons. The zero-order valence-corrected chi connectivity index (χ0v) is 22.9. The topological polar surface area (TPSA) is 0 Å². The van der Waals surface area contributed by atoms with Crippen LogP contribution in [0.15, 0.2) is 0 Å². The van der Waals surface area contributed by atoms with Gasteiger partial charge in [-0.2, -0.15) is 0 Å². The van der Waals surface area contributed by atoms with Crippen LogP contribution in [0.2, 0.25) is 21.7 Å². The lowest BCUT2D eigenvalue weighted by atomic mass is 9.96. The van der Waals surface area contributed by atoms with Gasteiger partial charge in [0.1, 0.15) is 0 Å². The summed E-state index contributed by atoms with van der Waals surface area (Å²) >= 11 is 56.0. The lowest BCUT2D eigenvalue weighted by Crippen LogP contribution is -2.45. The summed E-state index contributed by atoms with van der Waals surface area (Å²) in [7, 11) is 0.607. The highest BCUT2D eigenvalue weighted by Gasteiger charge is 2.60. The number of rotatable bonds is 6. The molecule has 0 heterocycles. The van der Waals surface area contributed by atoms with Crippen molar-refractivity contribution in [2.24, 2.45) is 0 Å². The molecule has 0 aromatic heterocycles. The maximum Gasteiger partial charge on any atom is 0.344 e. The van der Waals surface area contributed by atoms with Gasteiger partial charge in [-0.05, 0) is 21.7 Å². The van der Waals surface area contributed by atoms with E-state index >= 15 is 0 Å². The van der Waals surface area contributed by atoms with Crippen LogP contribution in [0.5, 0.6) is 0 Å². The van der Waals surface area contributed by atoms with E-state index in [1.165, 1.54) is 0 Å². The Labute approximate surface area is 168 Å². The van der Waals surface area contributed by atoms with E-state index in [2.05, 4.69) is 0 Å². The zero-order chi connectivity index (χ0) is 16.7. The molecule has 3 atom stereocenters. The molecule has 0 bridgehead atoms. The molecule has 0 nitrogen and oxygen atoms in total. The van der Waals surface area contributed by atoms with Gasteiger partial charge in [-0.3, -0.25) is 0 Å². The molecular formula is C7H15Cl9Si4. The largest absolute Gasteiger partial charge is 0.344 e. The van der Waals surface area contributed by atoms with E-state index in [0.717, 1.165) is 0 Å². The zero-order valence-electron chi connectivity index (χ0n) is 11.1. The SMILES string of the molecule is CC(C([SiH3])(C(C)[Si](Cl)(Cl)Cl)C(C)[Si](Cl)(Cl)Cl)[Si](Cl)(Cl)Cl. The highest BCUT2D eigenvalue weighted by molar-refractivity contribution is 7.67. The third-order valence-electron chi connectivity index (χ3n) is 4.27. The second-order valence-electron chi connectivity index (χ2n) is 5.16. The molecule has 0 fully saturated rings. The van der Waals surface area contributed by atoms with Crippen LogP contribution in [0.4, 0.5) is 0 Å². The van der Waals surface area contributed by atoms with Gasteiger partial charge in [0.2, 0.25) is 0 Å². The van der Waals surface area contributed by atoms with Crippen LogP contribution in [0.1, 0.15) is 20.8 Å². The standard InChI is InChI=1S/C7H15Cl9Si4/c1-4(18(8,9)10)7(17,5(2)19(11,12)13)6(3)20(14,15)16/h4-6H,1-3,17H3. The van der Waals surface area contributed by atoms with Gasteiger partial charge >= 0.3 is 18.0 Å². The highest BCUT2D eigenvalue weighted by atomic mass is 35.9. The Balaban J connectivity index is 5.95. The molecule has 0 radical (unpaired) electrons. The molecular weight excluding hydrogens is 515 g/mol. The Morgan fingerprint density at radius 3 is 0.850 bits per heavy atom. The predicted octanol–water partition coefficient (Wildman–Crippen LogP) is 6.65. The van der Waals surface area contributed by atoms with E-state index < -0.39 is 23.0 Å². The lowest BCUT2D eigenvalue weighted by molar-refractivity contribution is 0.493. The first-order chi connectivity index (χ1) is 8.46. The third kappa shape index (κ3) is 5.78. The fourth-order valence-electron chi connectivity index (χ4n) is 2.18. The molecule has 0 aliphatic rings. The van der Waals surface area contributed by atoms with Crippen molar-refractivity contribution < 1.29 is 0 Å². The summed E-state index contributed by atoms with van der Waals surface area (Å²) in [6.07, 6.45) is 0. The Morgan fingerprint density at radius 1 is 0.600 bits per heavy atom. The van der Waals surface area contributed by atoms with Crippen molar-refractivity contribution in [3.8, 4) is 0 Å². The van der Waals surface area contributed by atoms with E-state index in [-0.39, 0.29) is 16.6 Å². The summed E-state index contributed by atoms with van der Waals surface area (Å²) in [6.45, 7) is 5.61. The summed E-state index contributed by atoms with van der Waals surface area (Å²) in [4.78, 5) is 0. The molecule has 0 saturated carbocycles. The first kappa shape index (κ1) is 23.5. The molecule has 0 aromatic rings. The second-order valence-corrected chi connectivity index (χ2v) is 34.1. The number of hydrogen-bond donors (Lipinski definition) is 0. The van der Waals surface area contributed by atoms with Gasteiger partial charge < -0.3 is 0 Å². The molecule has 0 amide bonds. The Kier molecular flexibility index (Phi) is 9.15. The third-order valence-corrected chi connectivity index (χ3v) is 22.3. The summed E-state index contributed by atoms with van der Waals surface area (Å²) in [6, 6.07) is -9.11. The van der Waals surface area contributed by atoms with Crippen LogP contribution in [-0.2, 0) is 0 Å². The second kappa shape index (κ2) is 7.79. The molecule has 13 heteroatoms. The van der Waals surface area contributed by atoms with Crippen molar-refractivity contribution in [1.82, 2.24) is 0 Å².